The quantitative estimate of drug-likeness (QED) is 0.188. The lowest BCUT2D eigenvalue weighted by atomic mass is 10.0. The number of amidine groups is 1. The molecule has 0 aromatic heterocycles. The van der Waals surface area contributed by atoms with E-state index in [0.717, 1.165) is 13.1 Å². The summed E-state index contributed by atoms with van der Waals surface area (Å²) in [5.41, 5.74) is 3.66. The van der Waals surface area contributed by atoms with Crippen LogP contribution in [0.5, 0.6) is 0 Å². The van der Waals surface area contributed by atoms with Crippen molar-refractivity contribution in [2.45, 2.75) is 142 Å². The predicted molar refractivity (Wildman–Crippen MR) is 134 cm³/mol. The highest BCUT2D eigenvalue weighted by Crippen LogP contribution is 2.14. The minimum atomic E-state index is 0. The van der Waals surface area contributed by atoms with Crippen LogP contribution in [0.2, 0.25) is 0 Å². The molecular weight excluding hydrogens is 402 g/mol. The van der Waals surface area contributed by atoms with E-state index in [4.69, 9.17) is 0 Å². The van der Waals surface area contributed by atoms with E-state index in [2.05, 4.69) is 35.9 Å². The fourth-order valence-corrected chi connectivity index (χ4v) is 4.63. The molecule has 0 amide bonds. The summed E-state index contributed by atoms with van der Waals surface area (Å²) in [6.07, 6.45) is 28.3. The number of rotatable bonds is 22. The van der Waals surface area contributed by atoms with Gasteiger partial charge in [0.15, 0.2) is 0 Å². The van der Waals surface area contributed by atoms with Crippen LogP contribution in [0.4, 0.5) is 0 Å². The van der Waals surface area contributed by atoms with Crippen molar-refractivity contribution in [1.82, 2.24) is 10.4 Å². The van der Waals surface area contributed by atoms with E-state index in [1.54, 1.807) is 0 Å². The van der Waals surface area contributed by atoms with Gasteiger partial charge >= 0.3 is 0 Å². The molecule has 0 fully saturated rings. The van der Waals surface area contributed by atoms with Gasteiger partial charge in [0.2, 0.25) is 0 Å². The molecule has 0 unspecified atom stereocenters. The third-order valence-corrected chi connectivity index (χ3v) is 6.75. The second-order valence-corrected chi connectivity index (χ2v) is 9.66. The Bertz CT molecular complexity index is 411. The number of nitrogens with zero attached hydrogens (tertiary/aromatic N) is 2. The van der Waals surface area contributed by atoms with E-state index in [1.807, 2.05) is 0 Å². The lowest BCUT2D eigenvalue weighted by Crippen LogP contribution is -3.00. The molecule has 0 aliphatic carbocycles. The van der Waals surface area contributed by atoms with Crippen molar-refractivity contribution in [3.8, 4) is 0 Å². The molecule has 0 saturated heterocycles. The van der Waals surface area contributed by atoms with Crippen molar-refractivity contribution >= 4 is 5.84 Å². The number of hydrazine groups is 1. The lowest BCUT2D eigenvalue weighted by molar-refractivity contribution is -0.487. The molecule has 1 N–H and O–H groups in total. The summed E-state index contributed by atoms with van der Waals surface area (Å²) in [6.45, 7) is 8.03. The zero-order valence-electron chi connectivity index (χ0n) is 21.5. The molecule has 0 spiro atoms. The number of halogens is 1. The molecule has 3 nitrogen and oxygen atoms in total. The fraction of sp³-hybridized carbons (Fsp3) is 0.963. The van der Waals surface area contributed by atoms with E-state index >= 15 is 0 Å². The van der Waals surface area contributed by atoms with Gasteiger partial charge in [-0.2, -0.15) is 10.4 Å². The van der Waals surface area contributed by atoms with Crippen molar-refractivity contribution in [2.24, 2.45) is 0 Å². The molecule has 0 aromatic carbocycles. The predicted octanol–water partition coefficient (Wildman–Crippen LogP) is 4.69. The van der Waals surface area contributed by atoms with Crippen molar-refractivity contribution in [3.63, 3.8) is 0 Å². The number of hydrogen-bond donors (Lipinski definition) is 1. The first-order chi connectivity index (χ1) is 14.8. The highest BCUT2D eigenvalue weighted by Gasteiger charge is 2.27. The maximum Gasteiger partial charge on any atom is 0.265 e. The summed E-state index contributed by atoms with van der Waals surface area (Å²) in [7, 11) is 2.26. The van der Waals surface area contributed by atoms with Crippen LogP contribution in [0.3, 0.4) is 0 Å². The van der Waals surface area contributed by atoms with Gasteiger partial charge in [0, 0.05) is 6.54 Å². The molecule has 4 heteroatoms. The van der Waals surface area contributed by atoms with E-state index in [-0.39, 0.29) is 12.4 Å². The van der Waals surface area contributed by atoms with E-state index in [1.165, 1.54) is 141 Å². The van der Waals surface area contributed by atoms with Crippen LogP contribution in [0.15, 0.2) is 0 Å². The van der Waals surface area contributed by atoms with Gasteiger partial charge in [0.25, 0.3) is 5.84 Å². The summed E-state index contributed by atoms with van der Waals surface area (Å²) in [5, 5.41) is 2.43. The molecule has 0 bridgehead atoms. The van der Waals surface area contributed by atoms with Crippen LogP contribution in [0, 0.1) is 0 Å². The van der Waals surface area contributed by atoms with Crippen LogP contribution < -0.4 is 17.8 Å². The molecule has 1 rings (SSSR count). The Balaban J connectivity index is 0.00000900. The summed E-state index contributed by atoms with van der Waals surface area (Å²) in [5.74, 6) is 1.52. The number of likely N-dealkylation sites (N-methyl/N-ethyl adjacent to an activating group) is 1. The summed E-state index contributed by atoms with van der Waals surface area (Å²) in [6, 6.07) is 0. The molecule has 0 saturated carbocycles. The van der Waals surface area contributed by atoms with Crippen molar-refractivity contribution in [3.05, 3.63) is 0 Å². The Labute approximate surface area is 202 Å². The van der Waals surface area contributed by atoms with Gasteiger partial charge in [-0.25, -0.2) is 0 Å². The largest absolute Gasteiger partial charge is 1.00 e. The lowest BCUT2D eigenvalue weighted by Gasteiger charge is -2.14. The Kier molecular flexibility index (Phi) is 22.7. The molecule has 31 heavy (non-hydrogen) atoms. The third kappa shape index (κ3) is 16.9. The molecule has 186 valence electrons. The highest BCUT2D eigenvalue weighted by molar-refractivity contribution is 5.77. The Morgan fingerprint density at radius 2 is 1.06 bits per heavy atom. The van der Waals surface area contributed by atoms with Gasteiger partial charge in [-0.15, -0.1) is 0 Å². The summed E-state index contributed by atoms with van der Waals surface area (Å²) >= 11 is 0. The normalized spacial score (nSPS) is 13.8. The molecule has 0 atom stereocenters. The Hall–Kier alpha value is -0.280. The number of nitrogens with one attached hydrogen (secondary N) is 1. The third-order valence-electron chi connectivity index (χ3n) is 6.75. The highest BCUT2D eigenvalue weighted by atomic mass is 35.5. The molecular formula is C27H56ClN3. The van der Waals surface area contributed by atoms with Gasteiger partial charge in [0.1, 0.15) is 13.1 Å². The van der Waals surface area contributed by atoms with E-state index in [0.29, 0.717) is 0 Å². The molecule has 0 radical (unpaired) electrons. The standard InChI is InChI=1S/C27H56N3.ClH/c1-4-6-8-9-10-11-12-13-14-15-16-17-18-19-20-21-23-27-29(3)25-26-30(27)28-24-22-7-5-2;/h28H,4-26H2,1-3H3;1H/q+1;/p-1. The van der Waals surface area contributed by atoms with Crippen LogP contribution in [-0.4, -0.2) is 42.1 Å². The van der Waals surface area contributed by atoms with Crippen molar-refractivity contribution < 1.29 is 17.0 Å². The molecule has 1 aliphatic heterocycles. The maximum absolute atomic E-state index is 3.66. The maximum atomic E-state index is 3.66. The molecule has 0 aromatic rings. The fourth-order valence-electron chi connectivity index (χ4n) is 4.63. The van der Waals surface area contributed by atoms with E-state index < -0.39 is 0 Å². The SMILES string of the molecule is CCCCCCCCCCCCCCCCCCC1=[N+](C)CCN1NCCCCC.[Cl-]. The minimum Gasteiger partial charge on any atom is -1.00 e. The van der Waals surface area contributed by atoms with Gasteiger partial charge in [-0.3, -0.25) is 4.58 Å². The second kappa shape index (κ2) is 22.9. The first kappa shape index (κ1) is 30.7. The van der Waals surface area contributed by atoms with Crippen molar-refractivity contribution in [1.29, 1.82) is 0 Å². The van der Waals surface area contributed by atoms with Crippen LogP contribution in [0.1, 0.15) is 142 Å². The average Bonchev–Trinajstić information content (AvgIpc) is 3.10. The van der Waals surface area contributed by atoms with Gasteiger partial charge in [0.05, 0.1) is 13.5 Å². The second-order valence-electron chi connectivity index (χ2n) is 9.66. The van der Waals surface area contributed by atoms with E-state index in [9.17, 15) is 0 Å². The van der Waals surface area contributed by atoms with Crippen LogP contribution >= 0.6 is 0 Å². The van der Waals surface area contributed by atoms with Gasteiger partial charge < -0.3 is 12.4 Å². The van der Waals surface area contributed by atoms with Gasteiger partial charge in [-0.05, 0) is 12.8 Å². The topological polar surface area (TPSA) is 18.3 Å². The first-order valence-electron chi connectivity index (χ1n) is 13.9. The smallest absolute Gasteiger partial charge is 0.265 e. The monoisotopic (exact) mass is 457 g/mol. The molecule has 1 heterocycles. The number of hydrogen-bond acceptors (Lipinski definition) is 2. The van der Waals surface area contributed by atoms with Crippen LogP contribution in [0.25, 0.3) is 0 Å². The first-order valence-corrected chi connectivity index (χ1v) is 13.9. The minimum absolute atomic E-state index is 0. The van der Waals surface area contributed by atoms with Crippen LogP contribution in [-0.2, 0) is 0 Å². The van der Waals surface area contributed by atoms with Crippen molar-refractivity contribution in [2.75, 3.05) is 26.7 Å². The number of unbranched alkanes of at least 4 members (excludes halogenated alkanes) is 17. The Morgan fingerprint density at radius 3 is 1.55 bits per heavy atom. The summed E-state index contributed by atoms with van der Waals surface area (Å²) < 4.78 is 2.46. The summed E-state index contributed by atoms with van der Waals surface area (Å²) in [4.78, 5) is 0. The van der Waals surface area contributed by atoms with Gasteiger partial charge in [-0.1, -0.05) is 123 Å². The zero-order valence-corrected chi connectivity index (χ0v) is 22.3. The average molecular weight is 458 g/mol. The Morgan fingerprint density at radius 1 is 0.645 bits per heavy atom. The molecule has 1 aliphatic rings. The zero-order chi connectivity index (χ0) is 21.7.